The molecular formula is C18H12F2N6O2. The van der Waals surface area contributed by atoms with Crippen molar-refractivity contribution < 1.29 is 18.3 Å². The number of ether oxygens (including phenoxy) is 1. The molecule has 4 aromatic rings. The molecule has 0 atom stereocenters. The molecule has 4 rings (SSSR count). The maximum atomic E-state index is 14.3. The molecular weight excluding hydrogens is 370 g/mol. The smallest absolute Gasteiger partial charge is 0.316 e. The van der Waals surface area contributed by atoms with E-state index in [0.29, 0.717) is 11.3 Å². The predicted octanol–water partition coefficient (Wildman–Crippen LogP) is 2.51. The van der Waals surface area contributed by atoms with Crippen LogP contribution in [-0.2, 0) is 0 Å². The maximum absolute atomic E-state index is 14.3. The summed E-state index contributed by atoms with van der Waals surface area (Å²) < 4.78 is 33.3. The van der Waals surface area contributed by atoms with Crippen LogP contribution in [-0.4, -0.2) is 37.8 Å². The number of carbonyl (C=O) groups is 1. The van der Waals surface area contributed by atoms with Crippen LogP contribution < -0.4 is 10.5 Å². The molecule has 3 heterocycles. The van der Waals surface area contributed by atoms with E-state index in [4.69, 9.17) is 10.5 Å². The Bertz CT molecular complexity index is 1210. The number of nitrogens with one attached hydrogen (secondary N) is 1. The number of methoxy groups -OCH3 is 1. The summed E-state index contributed by atoms with van der Waals surface area (Å²) in [6.45, 7) is 0. The van der Waals surface area contributed by atoms with Gasteiger partial charge in [0.25, 0.3) is 0 Å². The van der Waals surface area contributed by atoms with Crippen LogP contribution in [0.4, 0.5) is 14.5 Å². The van der Waals surface area contributed by atoms with Gasteiger partial charge in [-0.1, -0.05) is 0 Å². The van der Waals surface area contributed by atoms with Crippen molar-refractivity contribution in [2.75, 3.05) is 12.8 Å². The molecule has 0 aliphatic heterocycles. The summed E-state index contributed by atoms with van der Waals surface area (Å²) in [5.74, 6) is -3.03. The van der Waals surface area contributed by atoms with E-state index in [1.807, 2.05) is 0 Å². The first kappa shape index (κ1) is 17.5. The number of hydrogen-bond donors (Lipinski definition) is 2. The van der Waals surface area contributed by atoms with Gasteiger partial charge in [-0.05, 0) is 12.1 Å². The zero-order chi connectivity index (χ0) is 19.8. The number of hydrogen-bond acceptors (Lipinski definition) is 7. The van der Waals surface area contributed by atoms with Gasteiger partial charge in [0.05, 0.1) is 35.8 Å². The largest absolute Gasteiger partial charge is 0.467 e. The van der Waals surface area contributed by atoms with Crippen molar-refractivity contribution in [2.45, 2.75) is 0 Å². The topological polar surface area (TPSA) is 120 Å². The number of aromatic nitrogens is 5. The third kappa shape index (κ3) is 2.80. The van der Waals surface area contributed by atoms with Gasteiger partial charge in [0, 0.05) is 24.2 Å². The van der Waals surface area contributed by atoms with Crippen LogP contribution in [0.25, 0.3) is 22.4 Å². The number of halogens is 2. The van der Waals surface area contributed by atoms with Gasteiger partial charge >= 0.3 is 6.01 Å². The molecule has 0 unspecified atom stereocenters. The van der Waals surface area contributed by atoms with Gasteiger partial charge in [-0.15, -0.1) is 0 Å². The number of benzene rings is 1. The highest BCUT2D eigenvalue weighted by atomic mass is 19.1. The summed E-state index contributed by atoms with van der Waals surface area (Å²) >= 11 is 0. The number of aromatic amines is 1. The lowest BCUT2D eigenvalue weighted by Gasteiger charge is -2.06. The van der Waals surface area contributed by atoms with Crippen molar-refractivity contribution >= 4 is 22.6 Å². The number of anilines is 1. The summed E-state index contributed by atoms with van der Waals surface area (Å²) in [7, 11) is 1.44. The first-order chi connectivity index (χ1) is 13.5. The Morgan fingerprint density at radius 3 is 2.61 bits per heavy atom. The molecule has 0 amide bonds. The number of rotatable bonds is 4. The fraction of sp³-hybridized carbons (Fsp3) is 0.0556. The van der Waals surface area contributed by atoms with E-state index in [0.717, 1.165) is 12.1 Å². The highest BCUT2D eigenvalue weighted by Crippen LogP contribution is 2.26. The van der Waals surface area contributed by atoms with Crippen molar-refractivity contribution in [3.63, 3.8) is 0 Å². The Morgan fingerprint density at radius 2 is 1.89 bits per heavy atom. The van der Waals surface area contributed by atoms with E-state index in [1.165, 1.54) is 31.9 Å². The van der Waals surface area contributed by atoms with E-state index in [-0.39, 0.29) is 28.4 Å². The Labute approximate surface area is 156 Å². The number of fused-ring (bicyclic) bond motifs is 1. The summed E-state index contributed by atoms with van der Waals surface area (Å²) in [6, 6.07) is 2.17. The number of carbonyl (C=O) groups excluding carboxylic acids is 1. The average molecular weight is 382 g/mol. The first-order valence-corrected chi connectivity index (χ1v) is 7.98. The van der Waals surface area contributed by atoms with Gasteiger partial charge < -0.3 is 15.5 Å². The summed E-state index contributed by atoms with van der Waals surface area (Å²) in [5.41, 5.74) is 5.68. The highest BCUT2D eigenvalue weighted by molar-refractivity contribution is 6.15. The van der Waals surface area contributed by atoms with Gasteiger partial charge in [0.15, 0.2) is 11.5 Å². The van der Waals surface area contributed by atoms with E-state index in [1.54, 1.807) is 0 Å². The van der Waals surface area contributed by atoms with E-state index >= 15 is 0 Å². The van der Waals surface area contributed by atoms with Gasteiger partial charge in [-0.25, -0.2) is 28.7 Å². The molecule has 0 radical (unpaired) electrons. The molecule has 0 spiro atoms. The lowest BCUT2D eigenvalue weighted by molar-refractivity contribution is 0.103. The Balaban J connectivity index is 1.82. The van der Waals surface area contributed by atoms with Crippen molar-refractivity contribution in [1.29, 1.82) is 0 Å². The van der Waals surface area contributed by atoms with Crippen molar-refractivity contribution in [3.05, 3.63) is 59.7 Å². The number of nitrogens with two attached hydrogens (primary N) is 1. The van der Waals surface area contributed by atoms with Crippen LogP contribution in [0.15, 0.2) is 36.9 Å². The second-order valence-corrected chi connectivity index (χ2v) is 5.77. The third-order valence-corrected chi connectivity index (χ3v) is 4.08. The van der Waals surface area contributed by atoms with E-state index < -0.39 is 23.0 Å². The van der Waals surface area contributed by atoms with Crippen LogP contribution in [0.3, 0.4) is 0 Å². The summed E-state index contributed by atoms with van der Waals surface area (Å²) in [5, 5.41) is 0. The van der Waals surface area contributed by atoms with Crippen molar-refractivity contribution in [1.82, 2.24) is 24.9 Å². The third-order valence-electron chi connectivity index (χ3n) is 4.08. The second-order valence-electron chi connectivity index (χ2n) is 5.77. The lowest BCUT2D eigenvalue weighted by atomic mass is 10.0. The molecule has 1 aromatic carbocycles. The van der Waals surface area contributed by atoms with Gasteiger partial charge in [0.1, 0.15) is 11.3 Å². The molecule has 3 N–H and O–H groups in total. The Hall–Kier alpha value is -3.95. The normalized spacial score (nSPS) is 11.0. The minimum Gasteiger partial charge on any atom is -0.467 e. The molecule has 0 bridgehead atoms. The highest BCUT2D eigenvalue weighted by Gasteiger charge is 2.24. The van der Waals surface area contributed by atoms with Gasteiger partial charge in [0.2, 0.25) is 5.78 Å². The van der Waals surface area contributed by atoms with Crippen molar-refractivity contribution in [2.24, 2.45) is 0 Å². The molecule has 0 aliphatic rings. The maximum Gasteiger partial charge on any atom is 0.316 e. The quantitative estimate of drug-likeness (QED) is 0.411. The van der Waals surface area contributed by atoms with Gasteiger partial charge in [-0.2, -0.15) is 0 Å². The molecule has 8 nitrogen and oxygen atoms in total. The number of H-pyrrole nitrogens is 1. The zero-order valence-corrected chi connectivity index (χ0v) is 14.4. The summed E-state index contributed by atoms with van der Waals surface area (Å²) in [6.07, 6.45) is 5.71. The van der Waals surface area contributed by atoms with Crippen LogP contribution in [0.5, 0.6) is 6.01 Å². The lowest BCUT2D eigenvalue weighted by Crippen LogP contribution is -2.09. The average Bonchev–Trinajstić information content (AvgIpc) is 3.14. The van der Waals surface area contributed by atoms with Crippen LogP contribution >= 0.6 is 0 Å². The fourth-order valence-corrected chi connectivity index (χ4v) is 2.67. The molecule has 0 fully saturated rings. The van der Waals surface area contributed by atoms with Crippen LogP contribution in [0.1, 0.15) is 15.9 Å². The number of ketones is 1. The van der Waals surface area contributed by atoms with Crippen molar-refractivity contribution in [3.8, 4) is 17.3 Å². The predicted molar refractivity (Wildman–Crippen MR) is 95.7 cm³/mol. The molecule has 0 saturated heterocycles. The van der Waals surface area contributed by atoms with Crippen LogP contribution in [0.2, 0.25) is 0 Å². The number of nitrogen functional groups attached to an aromatic ring is 1. The SMILES string of the molecule is COc1ncc(-c2cnc3[nH]cc(C(=O)c4c(F)ccc(N)c4F)c3n2)cn1. The minimum absolute atomic E-state index is 0.0396. The van der Waals surface area contributed by atoms with E-state index in [9.17, 15) is 13.6 Å². The first-order valence-electron chi connectivity index (χ1n) is 7.98. The zero-order valence-electron chi connectivity index (χ0n) is 14.4. The van der Waals surface area contributed by atoms with Crippen LogP contribution in [0, 0.1) is 11.6 Å². The number of nitrogens with zero attached hydrogens (tertiary/aromatic N) is 4. The molecule has 3 aromatic heterocycles. The summed E-state index contributed by atoms with van der Waals surface area (Å²) in [4.78, 5) is 32.1. The Kier molecular flexibility index (Phi) is 4.15. The second kappa shape index (κ2) is 6.65. The molecule has 10 heteroatoms. The van der Waals surface area contributed by atoms with E-state index in [2.05, 4.69) is 24.9 Å². The molecule has 28 heavy (non-hydrogen) atoms. The fourth-order valence-electron chi connectivity index (χ4n) is 2.67. The minimum atomic E-state index is -1.12. The standard InChI is InChI=1S/C18H12F2N6O2/c1-28-18-24-4-8(5-25-18)12-7-23-17-15(26-12)9(6-22-17)16(27)13-10(19)2-3-11(21)14(13)20/h2-7H,21H2,1H3,(H,22,23). The molecule has 0 saturated carbocycles. The van der Waals surface area contributed by atoms with Gasteiger partial charge in [-0.3, -0.25) is 4.79 Å². The Morgan fingerprint density at radius 1 is 1.14 bits per heavy atom. The molecule has 140 valence electrons. The molecule has 0 aliphatic carbocycles. The monoisotopic (exact) mass is 382 g/mol.